The number of benzene rings is 1. The first kappa shape index (κ1) is 13.8. The van der Waals surface area contributed by atoms with Gasteiger partial charge in [-0.3, -0.25) is 15.1 Å². The fourth-order valence-corrected chi connectivity index (χ4v) is 1.40. The zero-order valence-electron chi connectivity index (χ0n) is 9.79. The van der Waals surface area contributed by atoms with Crippen molar-refractivity contribution in [2.75, 3.05) is 0 Å². The molecule has 2 rings (SSSR count). The average Bonchev–Trinajstić information content (AvgIpc) is 2.38. The van der Waals surface area contributed by atoms with Gasteiger partial charge in [0, 0.05) is 18.3 Å². The molecule has 1 heterocycles. The lowest BCUT2D eigenvalue weighted by molar-refractivity contribution is -0.384. The second-order valence-electron chi connectivity index (χ2n) is 3.76. The summed E-state index contributed by atoms with van der Waals surface area (Å²) in [4.78, 5) is 13.3. The average molecular weight is 284 g/mol. The zero-order valence-corrected chi connectivity index (χ0v) is 9.79. The third kappa shape index (κ3) is 3.22. The highest BCUT2D eigenvalue weighted by Crippen LogP contribution is 2.32. The number of alkyl halides is 3. The number of non-ortho nitro benzene ring substituents is 1. The minimum Gasteiger partial charge on any atom is -0.456 e. The van der Waals surface area contributed by atoms with Gasteiger partial charge in [0.25, 0.3) is 5.69 Å². The van der Waals surface area contributed by atoms with E-state index >= 15 is 0 Å². The first-order valence-electron chi connectivity index (χ1n) is 5.31. The molecule has 0 radical (unpaired) electrons. The number of aromatic nitrogens is 1. The largest absolute Gasteiger partial charge is 0.456 e. The van der Waals surface area contributed by atoms with E-state index in [0.29, 0.717) is 6.20 Å². The SMILES string of the molecule is O=[N+]([O-])c1ccc(Oc2cncc(C(F)(F)F)c2)cc1. The number of hydrogen-bond donors (Lipinski definition) is 0. The van der Waals surface area contributed by atoms with Crippen molar-refractivity contribution < 1.29 is 22.8 Å². The topological polar surface area (TPSA) is 65.3 Å². The standard InChI is InChI=1S/C12H7F3N2O3/c13-12(14,15)8-5-11(7-16-6-8)20-10-3-1-9(2-4-10)17(18)19/h1-7H. The minimum atomic E-state index is -4.51. The first-order valence-corrected chi connectivity index (χ1v) is 5.31. The van der Waals surface area contributed by atoms with Crippen LogP contribution in [0.4, 0.5) is 18.9 Å². The summed E-state index contributed by atoms with van der Waals surface area (Å²) in [6.07, 6.45) is -2.71. The Balaban J connectivity index is 2.20. The predicted molar refractivity (Wildman–Crippen MR) is 62.4 cm³/mol. The molecule has 0 aliphatic heterocycles. The van der Waals surface area contributed by atoms with Crippen LogP contribution in [0.25, 0.3) is 0 Å². The molecule has 104 valence electrons. The van der Waals surface area contributed by atoms with E-state index in [1.54, 1.807) is 0 Å². The van der Waals surface area contributed by atoms with Gasteiger partial charge in [0.15, 0.2) is 0 Å². The second-order valence-corrected chi connectivity index (χ2v) is 3.76. The van der Waals surface area contributed by atoms with Gasteiger partial charge < -0.3 is 4.74 Å². The van der Waals surface area contributed by atoms with E-state index in [1.807, 2.05) is 0 Å². The normalized spacial score (nSPS) is 11.2. The van der Waals surface area contributed by atoms with Crippen LogP contribution < -0.4 is 4.74 Å². The summed E-state index contributed by atoms with van der Waals surface area (Å²) >= 11 is 0. The van der Waals surface area contributed by atoms with E-state index in [1.165, 1.54) is 24.3 Å². The van der Waals surface area contributed by atoms with Crippen LogP contribution >= 0.6 is 0 Å². The van der Waals surface area contributed by atoms with Crippen molar-refractivity contribution in [3.05, 3.63) is 58.4 Å². The van der Waals surface area contributed by atoms with Gasteiger partial charge >= 0.3 is 6.18 Å². The molecule has 0 unspecified atom stereocenters. The number of nitro benzene ring substituents is 1. The summed E-state index contributed by atoms with van der Waals surface area (Å²) in [6.45, 7) is 0. The maximum absolute atomic E-state index is 12.5. The van der Waals surface area contributed by atoms with Gasteiger partial charge in [-0.1, -0.05) is 0 Å². The van der Waals surface area contributed by atoms with Gasteiger partial charge in [-0.25, -0.2) is 0 Å². The molecular weight excluding hydrogens is 277 g/mol. The number of nitro groups is 1. The maximum Gasteiger partial charge on any atom is 0.418 e. The van der Waals surface area contributed by atoms with Crippen LogP contribution in [0.2, 0.25) is 0 Å². The third-order valence-corrected chi connectivity index (χ3v) is 2.32. The number of ether oxygens (including phenoxy) is 1. The minimum absolute atomic E-state index is 0.103. The van der Waals surface area contributed by atoms with Crippen LogP contribution in [0.3, 0.4) is 0 Å². The molecule has 1 aromatic heterocycles. The summed E-state index contributed by atoms with van der Waals surface area (Å²) in [5, 5.41) is 10.5. The van der Waals surface area contributed by atoms with E-state index in [2.05, 4.69) is 4.98 Å². The van der Waals surface area contributed by atoms with Crippen molar-refractivity contribution in [3.8, 4) is 11.5 Å². The fraction of sp³-hybridized carbons (Fsp3) is 0.0833. The third-order valence-electron chi connectivity index (χ3n) is 2.32. The highest BCUT2D eigenvalue weighted by atomic mass is 19.4. The van der Waals surface area contributed by atoms with Crippen LogP contribution in [0.15, 0.2) is 42.7 Å². The lowest BCUT2D eigenvalue weighted by atomic mass is 10.2. The van der Waals surface area contributed by atoms with Gasteiger partial charge in [-0.15, -0.1) is 0 Å². The second kappa shape index (κ2) is 5.16. The number of nitrogens with zero attached hydrogens (tertiary/aromatic N) is 2. The van der Waals surface area contributed by atoms with Crippen molar-refractivity contribution in [1.82, 2.24) is 4.98 Å². The van der Waals surface area contributed by atoms with E-state index in [0.717, 1.165) is 12.3 Å². The Morgan fingerprint density at radius 3 is 2.30 bits per heavy atom. The Kier molecular flexibility index (Phi) is 3.55. The molecule has 0 spiro atoms. The molecule has 0 saturated carbocycles. The van der Waals surface area contributed by atoms with E-state index in [-0.39, 0.29) is 17.2 Å². The molecule has 0 aliphatic rings. The Labute approximate surface area is 110 Å². The molecule has 8 heteroatoms. The van der Waals surface area contributed by atoms with Crippen molar-refractivity contribution in [2.45, 2.75) is 6.18 Å². The molecule has 2 aromatic rings. The van der Waals surface area contributed by atoms with E-state index in [9.17, 15) is 23.3 Å². The molecule has 1 aromatic carbocycles. The molecule has 20 heavy (non-hydrogen) atoms. The van der Waals surface area contributed by atoms with Crippen molar-refractivity contribution in [1.29, 1.82) is 0 Å². The van der Waals surface area contributed by atoms with Crippen LogP contribution in [0, 0.1) is 10.1 Å². The van der Waals surface area contributed by atoms with Crippen molar-refractivity contribution in [3.63, 3.8) is 0 Å². The molecule has 0 amide bonds. The molecule has 0 bridgehead atoms. The quantitative estimate of drug-likeness (QED) is 0.635. The molecule has 0 N–H and O–H groups in total. The number of halogens is 3. The van der Waals surface area contributed by atoms with Gasteiger partial charge in [-0.2, -0.15) is 13.2 Å². The Morgan fingerprint density at radius 2 is 1.75 bits per heavy atom. The highest BCUT2D eigenvalue weighted by Gasteiger charge is 2.31. The molecule has 0 fully saturated rings. The molecule has 0 saturated heterocycles. The summed E-state index contributed by atoms with van der Waals surface area (Å²) in [6, 6.07) is 5.76. The fourth-order valence-electron chi connectivity index (χ4n) is 1.40. The van der Waals surface area contributed by atoms with Gasteiger partial charge in [0.05, 0.1) is 16.7 Å². The Bertz CT molecular complexity index is 627. The van der Waals surface area contributed by atoms with Crippen LogP contribution in [-0.2, 0) is 6.18 Å². The van der Waals surface area contributed by atoms with Crippen LogP contribution in [0.1, 0.15) is 5.56 Å². The lowest BCUT2D eigenvalue weighted by Crippen LogP contribution is -2.05. The maximum atomic E-state index is 12.5. The Morgan fingerprint density at radius 1 is 1.10 bits per heavy atom. The first-order chi connectivity index (χ1) is 9.36. The predicted octanol–water partition coefficient (Wildman–Crippen LogP) is 3.80. The van der Waals surface area contributed by atoms with Gasteiger partial charge in [-0.05, 0) is 18.2 Å². The molecule has 0 aliphatic carbocycles. The monoisotopic (exact) mass is 284 g/mol. The van der Waals surface area contributed by atoms with E-state index in [4.69, 9.17) is 4.74 Å². The molecule has 5 nitrogen and oxygen atoms in total. The number of pyridine rings is 1. The van der Waals surface area contributed by atoms with Gasteiger partial charge in [0.1, 0.15) is 11.5 Å². The van der Waals surface area contributed by atoms with Crippen LogP contribution in [0.5, 0.6) is 11.5 Å². The smallest absolute Gasteiger partial charge is 0.418 e. The lowest BCUT2D eigenvalue weighted by Gasteiger charge is -2.09. The van der Waals surface area contributed by atoms with Gasteiger partial charge in [0.2, 0.25) is 0 Å². The number of rotatable bonds is 3. The summed E-state index contributed by atoms with van der Waals surface area (Å²) in [5.74, 6) is 0.0744. The zero-order chi connectivity index (χ0) is 14.8. The van der Waals surface area contributed by atoms with Crippen molar-refractivity contribution in [2.24, 2.45) is 0 Å². The Hall–Kier alpha value is -2.64. The molecular formula is C12H7F3N2O3. The highest BCUT2D eigenvalue weighted by molar-refractivity contribution is 5.38. The van der Waals surface area contributed by atoms with Crippen LogP contribution in [-0.4, -0.2) is 9.91 Å². The van der Waals surface area contributed by atoms with E-state index < -0.39 is 16.7 Å². The van der Waals surface area contributed by atoms with Crippen molar-refractivity contribution >= 4 is 5.69 Å². The molecule has 0 atom stereocenters. The number of hydrogen-bond acceptors (Lipinski definition) is 4. The summed E-state index contributed by atoms with van der Waals surface area (Å²) < 4.78 is 42.6. The summed E-state index contributed by atoms with van der Waals surface area (Å²) in [7, 11) is 0. The summed E-state index contributed by atoms with van der Waals surface area (Å²) in [5.41, 5.74) is -1.07.